The highest BCUT2D eigenvalue weighted by Crippen LogP contribution is 2.43. The number of rotatable bonds is 3. The summed E-state index contributed by atoms with van der Waals surface area (Å²) in [5.74, 6) is 1.34. The maximum Gasteiger partial charge on any atom is 0.0708 e. The van der Waals surface area contributed by atoms with Gasteiger partial charge in [-0.3, -0.25) is 4.98 Å². The molecule has 1 aromatic heterocycles. The highest BCUT2D eigenvalue weighted by molar-refractivity contribution is 5.78. The second-order valence-electron chi connectivity index (χ2n) is 6.31. The molecule has 0 amide bonds. The number of hydrogen-bond acceptors (Lipinski definition) is 2. The first kappa shape index (κ1) is 12.6. The zero-order chi connectivity index (χ0) is 13.5. The first-order valence-corrected chi connectivity index (χ1v) is 7.13. The van der Waals surface area contributed by atoms with Crippen molar-refractivity contribution in [3.05, 3.63) is 42.1 Å². The summed E-state index contributed by atoms with van der Waals surface area (Å²) in [6.07, 6.45) is 2.51. The number of fused-ring (bicyclic) bond motifs is 1. The Kier molecular flexibility index (Phi) is 3.06. The highest BCUT2D eigenvalue weighted by Gasteiger charge is 2.43. The molecule has 0 atom stereocenters. The van der Waals surface area contributed by atoms with Crippen LogP contribution in [0, 0.1) is 11.8 Å². The molecule has 0 saturated heterocycles. The van der Waals surface area contributed by atoms with E-state index in [1.165, 1.54) is 0 Å². The fourth-order valence-corrected chi connectivity index (χ4v) is 3.08. The molecule has 1 fully saturated rings. The molecule has 0 bridgehead atoms. The molecule has 1 aliphatic rings. The summed E-state index contributed by atoms with van der Waals surface area (Å²) >= 11 is 0. The fourth-order valence-electron chi connectivity index (χ4n) is 3.08. The number of hydrogen-bond donors (Lipinski definition) is 1. The van der Waals surface area contributed by atoms with Crippen LogP contribution in [0.3, 0.4) is 0 Å². The minimum absolute atomic E-state index is 0.523. The van der Waals surface area contributed by atoms with Crippen molar-refractivity contribution in [3.8, 4) is 0 Å². The SMILES string of the molecule is CC(C)C1CC(O)(Cc2ccc3ccccc3n2)C1. The lowest BCUT2D eigenvalue weighted by Crippen LogP contribution is -2.47. The standard InChI is InChI=1S/C17H21NO/c1-12(2)14-9-17(19,10-14)11-15-8-7-13-5-3-4-6-16(13)18-15/h3-8,12,14,19H,9-11H2,1-2H3. The molecule has 0 unspecified atom stereocenters. The van der Waals surface area contributed by atoms with Crippen molar-refractivity contribution in [2.75, 3.05) is 0 Å². The maximum atomic E-state index is 10.5. The van der Waals surface area contributed by atoms with Gasteiger partial charge in [0.25, 0.3) is 0 Å². The zero-order valence-corrected chi connectivity index (χ0v) is 11.6. The summed E-state index contributed by atoms with van der Waals surface area (Å²) in [6, 6.07) is 12.3. The van der Waals surface area contributed by atoms with Gasteiger partial charge in [0, 0.05) is 17.5 Å². The van der Waals surface area contributed by atoms with Crippen molar-refractivity contribution in [2.24, 2.45) is 11.8 Å². The van der Waals surface area contributed by atoms with E-state index in [0.717, 1.165) is 29.4 Å². The van der Waals surface area contributed by atoms with Crippen LogP contribution in [-0.4, -0.2) is 15.7 Å². The van der Waals surface area contributed by atoms with E-state index in [1.807, 2.05) is 24.3 Å². The third kappa shape index (κ3) is 2.50. The summed E-state index contributed by atoms with van der Waals surface area (Å²) in [7, 11) is 0. The highest BCUT2D eigenvalue weighted by atomic mass is 16.3. The Balaban J connectivity index is 1.75. The largest absolute Gasteiger partial charge is 0.389 e. The third-order valence-corrected chi connectivity index (χ3v) is 4.39. The molecule has 1 aliphatic carbocycles. The van der Waals surface area contributed by atoms with Gasteiger partial charge in [-0.05, 0) is 36.8 Å². The van der Waals surface area contributed by atoms with Crippen LogP contribution in [0.2, 0.25) is 0 Å². The minimum atomic E-state index is -0.523. The van der Waals surface area contributed by atoms with Crippen molar-refractivity contribution in [1.29, 1.82) is 0 Å². The number of aromatic nitrogens is 1. The predicted octanol–water partition coefficient (Wildman–Crippen LogP) is 3.57. The quantitative estimate of drug-likeness (QED) is 0.909. The Morgan fingerprint density at radius 1 is 1.21 bits per heavy atom. The molecule has 0 spiro atoms. The van der Waals surface area contributed by atoms with Gasteiger partial charge in [0.1, 0.15) is 0 Å². The first-order chi connectivity index (χ1) is 9.06. The van der Waals surface area contributed by atoms with Crippen LogP contribution in [-0.2, 0) is 6.42 Å². The predicted molar refractivity (Wildman–Crippen MR) is 78.0 cm³/mol. The van der Waals surface area contributed by atoms with E-state index in [9.17, 15) is 5.11 Å². The van der Waals surface area contributed by atoms with Crippen molar-refractivity contribution < 1.29 is 5.11 Å². The lowest BCUT2D eigenvalue weighted by molar-refractivity contribution is -0.0865. The van der Waals surface area contributed by atoms with Crippen LogP contribution in [0.4, 0.5) is 0 Å². The van der Waals surface area contributed by atoms with E-state index < -0.39 is 5.60 Å². The second kappa shape index (κ2) is 4.61. The summed E-state index contributed by atoms with van der Waals surface area (Å²) < 4.78 is 0. The lowest BCUT2D eigenvalue weighted by Gasteiger charge is -2.45. The Hall–Kier alpha value is -1.41. The van der Waals surface area contributed by atoms with E-state index in [4.69, 9.17) is 0 Å². The van der Waals surface area contributed by atoms with Crippen LogP contribution in [0.25, 0.3) is 10.9 Å². The lowest BCUT2D eigenvalue weighted by atomic mass is 9.64. The van der Waals surface area contributed by atoms with Crippen LogP contribution in [0.5, 0.6) is 0 Å². The number of nitrogens with zero attached hydrogens (tertiary/aromatic N) is 1. The van der Waals surface area contributed by atoms with Crippen LogP contribution < -0.4 is 0 Å². The number of pyridine rings is 1. The first-order valence-electron chi connectivity index (χ1n) is 7.13. The Morgan fingerprint density at radius 2 is 1.95 bits per heavy atom. The van der Waals surface area contributed by atoms with Gasteiger partial charge in [0.05, 0.1) is 11.1 Å². The summed E-state index contributed by atoms with van der Waals surface area (Å²) in [5.41, 5.74) is 1.50. The third-order valence-electron chi connectivity index (χ3n) is 4.39. The molecular formula is C17H21NO. The summed E-state index contributed by atoms with van der Waals surface area (Å²) in [5, 5.41) is 11.7. The molecule has 3 rings (SSSR count). The molecule has 2 aromatic rings. The molecule has 1 aromatic carbocycles. The molecule has 1 saturated carbocycles. The van der Waals surface area contributed by atoms with Crippen LogP contribution >= 0.6 is 0 Å². The molecule has 0 aliphatic heterocycles. The van der Waals surface area contributed by atoms with Crippen molar-refractivity contribution in [3.63, 3.8) is 0 Å². The van der Waals surface area contributed by atoms with E-state index in [-0.39, 0.29) is 0 Å². The minimum Gasteiger partial charge on any atom is -0.389 e. The van der Waals surface area contributed by atoms with Gasteiger partial charge in [0.2, 0.25) is 0 Å². The van der Waals surface area contributed by atoms with E-state index >= 15 is 0 Å². The van der Waals surface area contributed by atoms with Gasteiger partial charge in [-0.2, -0.15) is 0 Å². The second-order valence-corrected chi connectivity index (χ2v) is 6.31. The van der Waals surface area contributed by atoms with Gasteiger partial charge in [-0.25, -0.2) is 0 Å². The topological polar surface area (TPSA) is 33.1 Å². The normalized spacial score (nSPS) is 26.6. The van der Waals surface area contributed by atoms with Crippen LogP contribution in [0.1, 0.15) is 32.4 Å². The Labute approximate surface area is 114 Å². The van der Waals surface area contributed by atoms with Gasteiger partial charge in [-0.1, -0.05) is 38.1 Å². The molecule has 100 valence electrons. The molecule has 1 N–H and O–H groups in total. The van der Waals surface area contributed by atoms with E-state index in [2.05, 4.69) is 31.0 Å². The number of aliphatic hydroxyl groups is 1. The van der Waals surface area contributed by atoms with E-state index in [0.29, 0.717) is 18.3 Å². The van der Waals surface area contributed by atoms with Crippen LogP contribution in [0.15, 0.2) is 36.4 Å². The monoisotopic (exact) mass is 255 g/mol. The average Bonchev–Trinajstić information content (AvgIpc) is 2.35. The maximum absolute atomic E-state index is 10.5. The van der Waals surface area contributed by atoms with Gasteiger partial charge in [-0.15, -0.1) is 0 Å². The molecule has 1 heterocycles. The van der Waals surface area contributed by atoms with Crippen molar-refractivity contribution >= 4 is 10.9 Å². The molecule has 2 nitrogen and oxygen atoms in total. The molecular weight excluding hydrogens is 234 g/mol. The average molecular weight is 255 g/mol. The summed E-state index contributed by atoms with van der Waals surface area (Å²) in [4.78, 5) is 4.65. The van der Waals surface area contributed by atoms with Gasteiger partial charge < -0.3 is 5.11 Å². The van der Waals surface area contributed by atoms with Crippen molar-refractivity contribution in [2.45, 2.75) is 38.7 Å². The van der Waals surface area contributed by atoms with E-state index in [1.54, 1.807) is 0 Å². The van der Waals surface area contributed by atoms with Crippen molar-refractivity contribution in [1.82, 2.24) is 4.98 Å². The fraction of sp³-hybridized carbons (Fsp3) is 0.471. The smallest absolute Gasteiger partial charge is 0.0708 e. The zero-order valence-electron chi connectivity index (χ0n) is 11.6. The Bertz CT molecular complexity index is 585. The van der Waals surface area contributed by atoms with Gasteiger partial charge in [0.15, 0.2) is 0 Å². The number of benzene rings is 1. The summed E-state index contributed by atoms with van der Waals surface area (Å²) in [6.45, 7) is 4.47. The number of para-hydroxylation sites is 1. The molecule has 2 heteroatoms. The molecule has 0 radical (unpaired) electrons. The van der Waals surface area contributed by atoms with Gasteiger partial charge >= 0.3 is 0 Å². The Morgan fingerprint density at radius 3 is 2.68 bits per heavy atom. The molecule has 19 heavy (non-hydrogen) atoms.